The smallest absolute Gasteiger partial charge is 0.162 e. The van der Waals surface area contributed by atoms with Gasteiger partial charge in [-0.3, -0.25) is 4.79 Å². The van der Waals surface area contributed by atoms with Gasteiger partial charge in [0.1, 0.15) is 5.75 Å². The number of halogens is 2. The molecule has 0 atom stereocenters. The van der Waals surface area contributed by atoms with E-state index in [0.29, 0.717) is 20.9 Å². The molecule has 16 heavy (non-hydrogen) atoms. The van der Waals surface area contributed by atoms with E-state index in [1.807, 2.05) is 0 Å². The fraction of sp³-hybridized carbons (Fsp3) is 0.417. The summed E-state index contributed by atoms with van der Waals surface area (Å²) in [6, 6.07) is 3.32. The molecule has 0 aliphatic rings. The highest BCUT2D eigenvalue weighted by molar-refractivity contribution is 9.11. The van der Waals surface area contributed by atoms with E-state index < -0.39 is 0 Å². The third-order valence-electron chi connectivity index (χ3n) is 2.35. The van der Waals surface area contributed by atoms with Gasteiger partial charge in [-0.05, 0) is 50.4 Å². The Bertz CT molecular complexity index is 366. The Morgan fingerprint density at radius 1 is 1.25 bits per heavy atom. The van der Waals surface area contributed by atoms with E-state index >= 15 is 0 Å². The van der Waals surface area contributed by atoms with E-state index in [9.17, 15) is 9.90 Å². The molecule has 0 bridgehead atoms. The highest BCUT2D eigenvalue weighted by Gasteiger charge is 2.11. The monoisotopic (exact) mass is 348 g/mol. The number of ketones is 1. The van der Waals surface area contributed by atoms with Gasteiger partial charge in [0.2, 0.25) is 0 Å². The Kier molecular flexibility index (Phi) is 5.49. The van der Waals surface area contributed by atoms with Crippen molar-refractivity contribution in [2.24, 2.45) is 0 Å². The highest BCUT2D eigenvalue weighted by atomic mass is 79.9. The van der Waals surface area contributed by atoms with Crippen LogP contribution in [0.3, 0.4) is 0 Å². The number of hydrogen-bond acceptors (Lipinski definition) is 2. The van der Waals surface area contributed by atoms with Gasteiger partial charge in [0.25, 0.3) is 0 Å². The summed E-state index contributed by atoms with van der Waals surface area (Å²) in [4.78, 5) is 11.8. The Balaban J connectivity index is 2.76. The number of aromatic hydroxyl groups is 1. The number of rotatable bonds is 5. The number of benzene rings is 1. The van der Waals surface area contributed by atoms with Crippen molar-refractivity contribution in [2.75, 3.05) is 0 Å². The fourth-order valence-electron chi connectivity index (χ4n) is 1.41. The lowest BCUT2D eigenvalue weighted by atomic mass is 10.0. The van der Waals surface area contributed by atoms with E-state index in [4.69, 9.17) is 0 Å². The molecule has 0 amide bonds. The van der Waals surface area contributed by atoms with Crippen LogP contribution in [0.4, 0.5) is 0 Å². The third kappa shape index (κ3) is 3.59. The van der Waals surface area contributed by atoms with Gasteiger partial charge in [-0.2, -0.15) is 0 Å². The predicted octanol–water partition coefficient (Wildman–Crippen LogP) is 4.68. The van der Waals surface area contributed by atoms with Crippen molar-refractivity contribution >= 4 is 37.6 Å². The summed E-state index contributed by atoms with van der Waals surface area (Å²) in [6.45, 7) is 2.11. The Morgan fingerprint density at radius 3 is 2.31 bits per heavy atom. The topological polar surface area (TPSA) is 37.3 Å². The van der Waals surface area contributed by atoms with Crippen LogP contribution in [-0.4, -0.2) is 10.9 Å². The molecule has 0 aliphatic heterocycles. The van der Waals surface area contributed by atoms with Crippen molar-refractivity contribution in [1.29, 1.82) is 0 Å². The van der Waals surface area contributed by atoms with Crippen LogP contribution in [0.2, 0.25) is 0 Å². The first-order valence-electron chi connectivity index (χ1n) is 5.27. The molecule has 0 heterocycles. The third-order valence-corrected chi connectivity index (χ3v) is 3.56. The quantitative estimate of drug-likeness (QED) is 0.619. The van der Waals surface area contributed by atoms with E-state index in [1.165, 1.54) is 0 Å². The number of unbranched alkanes of at least 4 members (excludes halogenated alkanes) is 2. The zero-order valence-corrected chi connectivity index (χ0v) is 12.3. The van der Waals surface area contributed by atoms with Crippen LogP contribution in [0.5, 0.6) is 5.75 Å². The minimum Gasteiger partial charge on any atom is -0.506 e. The highest BCUT2D eigenvalue weighted by Crippen LogP contribution is 2.33. The van der Waals surface area contributed by atoms with Crippen molar-refractivity contribution in [2.45, 2.75) is 32.6 Å². The molecule has 0 fully saturated rings. The number of carbonyl (C=O) groups excluding carboxylic acids is 1. The van der Waals surface area contributed by atoms with Gasteiger partial charge in [0.05, 0.1) is 8.95 Å². The minimum absolute atomic E-state index is 0.120. The van der Waals surface area contributed by atoms with Crippen molar-refractivity contribution in [1.82, 2.24) is 0 Å². The molecule has 0 unspecified atom stereocenters. The number of hydrogen-bond donors (Lipinski definition) is 1. The van der Waals surface area contributed by atoms with Gasteiger partial charge >= 0.3 is 0 Å². The van der Waals surface area contributed by atoms with E-state index in [-0.39, 0.29) is 11.5 Å². The van der Waals surface area contributed by atoms with Crippen molar-refractivity contribution in [3.05, 3.63) is 26.6 Å². The second-order valence-electron chi connectivity index (χ2n) is 3.67. The average molecular weight is 350 g/mol. The fourth-order valence-corrected chi connectivity index (χ4v) is 2.59. The van der Waals surface area contributed by atoms with E-state index in [2.05, 4.69) is 38.8 Å². The molecular weight excluding hydrogens is 336 g/mol. The van der Waals surface area contributed by atoms with Crippen LogP contribution in [0, 0.1) is 0 Å². The molecule has 1 aromatic carbocycles. The molecule has 4 heteroatoms. The summed E-state index contributed by atoms with van der Waals surface area (Å²) in [5.74, 6) is 0.250. The number of phenols is 1. The summed E-state index contributed by atoms with van der Waals surface area (Å²) in [5, 5.41) is 9.52. The zero-order chi connectivity index (χ0) is 12.1. The normalized spacial score (nSPS) is 10.4. The SMILES string of the molecule is CCCCCC(=O)c1cc(Br)c(O)c(Br)c1. The van der Waals surface area contributed by atoms with Gasteiger partial charge in [-0.25, -0.2) is 0 Å². The van der Waals surface area contributed by atoms with Gasteiger partial charge in [-0.1, -0.05) is 19.8 Å². The molecule has 0 radical (unpaired) electrons. The zero-order valence-electron chi connectivity index (χ0n) is 9.09. The molecular formula is C12H14Br2O2. The second-order valence-corrected chi connectivity index (χ2v) is 5.38. The lowest BCUT2D eigenvalue weighted by Gasteiger charge is -2.05. The van der Waals surface area contributed by atoms with Gasteiger partial charge in [0, 0.05) is 12.0 Å². The van der Waals surface area contributed by atoms with Gasteiger partial charge in [0.15, 0.2) is 5.78 Å². The molecule has 1 aromatic rings. The maximum Gasteiger partial charge on any atom is 0.162 e. The molecule has 88 valence electrons. The lowest BCUT2D eigenvalue weighted by Crippen LogP contribution is -1.99. The largest absolute Gasteiger partial charge is 0.506 e. The van der Waals surface area contributed by atoms with Crippen LogP contribution in [0.25, 0.3) is 0 Å². The first-order valence-corrected chi connectivity index (χ1v) is 6.86. The summed E-state index contributed by atoms with van der Waals surface area (Å²) in [6.07, 6.45) is 3.67. The summed E-state index contributed by atoms with van der Waals surface area (Å²) < 4.78 is 1.08. The second kappa shape index (κ2) is 6.40. The standard InChI is InChI=1S/C12H14Br2O2/c1-2-3-4-5-11(15)8-6-9(13)12(16)10(14)7-8/h6-7,16H,2-5H2,1H3. The van der Waals surface area contributed by atoms with Crippen LogP contribution in [-0.2, 0) is 0 Å². The van der Waals surface area contributed by atoms with Crippen LogP contribution >= 0.6 is 31.9 Å². The Hall–Kier alpha value is -0.350. The van der Waals surface area contributed by atoms with Gasteiger partial charge in [-0.15, -0.1) is 0 Å². The Labute approximate surface area is 112 Å². The molecule has 0 spiro atoms. The number of phenolic OH excluding ortho intramolecular Hbond substituents is 1. The van der Waals surface area contributed by atoms with E-state index in [0.717, 1.165) is 19.3 Å². The Morgan fingerprint density at radius 2 is 1.81 bits per heavy atom. The lowest BCUT2D eigenvalue weighted by molar-refractivity contribution is 0.0979. The summed E-state index contributed by atoms with van der Waals surface area (Å²) in [5.41, 5.74) is 0.632. The van der Waals surface area contributed by atoms with Crippen LogP contribution < -0.4 is 0 Å². The minimum atomic E-state index is 0.120. The summed E-state index contributed by atoms with van der Waals surface area (Å²) in [7, 11) is 0. The van der Waals surface area contributed by atoms with Crippen molar-refractivity contribution < 1.29 is 9.90 Å². The predicted molar refractivity (Wildman–Crippen MR) is 72.0 cm³/mol. The van der Waals surface area contributed by atoms with Gasteiger partial charge < -0.3 is 5.11 Å². The molecule has 0 saturated carbocycles. The first-order chi connectivity index (χ1) is 7.56. The number of carbonyl (C=O) groups is 1. The molecule has 0 aromatic heterocycles. The summed E-state index contributed by atoms with van der Waals surface area (Å²) >= 11 is 6.43. The van der Waals surface area contributed by atoms with Crippen molar-refractivity contribution in [3.8, 4) is 5.75 Å². The van der Waals surface area contributed by atoms with E-state index in [1.54, 1.807) is 12.1 Å². The molecule has 1 N–H and O–H groups in total. The van der Waals surface area contributed by atoms with Crippen molar-refractivity contribution in [3.63, 3.8) is 0 Å². The van der Waals surface area contributed by atoms with Crippen LogP contribution in [0.1, 0.15) is 43.0 Å². The van der Waals surface area contributed by atoms with Crippen LogP contribution in [0.15, 0.2) is 21.1 Å². The molecule has 2 nitrogen and oxygen atoms in total. The first kappa shape index (κ1) is 13.7. The number of Topliss-reactive ketones (excluding diaryl/α,β-unsaturated/α-hetero) is 1. The maximum absolute atomic E-state index is 11.8. The average Bonchev–Trinajstić information content (AvgIpc) is 2.25. The molecule has 0 saturated heterocycles. The molecule has 0 aliphatic carbocycles. The molecule has 1 rings (SSSR count). The maximum atomic E-state index is 11.8.